The third-order valence-electron chi connectivity index (χ3n) is 2.75. The summed E-state index contributed by atoms with van der Waals surface area (Å²) in [6.45, 7) is 5.42. The number of hydrogen-bond donors (Lipinski definition) is 1. The van der Waals surface area contributed by atoms with E-state index in [0.717, 1.165) is 18.7 Å². The summed E-state index contributed by atoms with van der Waals surface area (Å²) < 4.78 is 30.3. The Bertz CT molecular complexity index is 496. The zero-order chi connectivity index (χ0) is 14.5. The Morgan fingerprint density at radius 1 is 1.47 bits per heavy atom. The fourth-order valence-electron chi connectivity index (χ4n) is 2.06. The van der Waals surface area contributed by atoms with Gasteiger partial charge in [0.15, 0.2) is 5.75 Å². The van der Waals surface area contributed by atoms with Crippen LogP contribution in [0.4, 0.5) is 0 Å². The molecule has 6 nitrogen and oxygen atoms in total. The highest BCUT2D eigenvalue weighted by molar-refractivity contribution is 7.90. The first-order chi connectivity index (χ1) is 8.92. The van der Waals surface area contributed by atoms with Gasteiger partial charge in [-0.2, -0.15) is 5.10 Å². The van der Waals surface area contributed by atoms with Gasteiger partial charge >= 0.3 is 0 Å². The topological polar surface area (TPSA) is 73.2 Å². The van der Waals surface area contributed by atoms with Crippen molar-refractivity contribution in [1.29, 1.82) is 0 Å². The summed E-state index contributed by atoms with van der Waals surface area (Å²) >= 11 is 0. The molecule has 1 aromatic rings. The smallest absolute Gasteiger partial charge is 0.161 e. The number of hydrogen-bond acceptors (Lipinski definition) is 5. The highest BCUT2D eigenvalue weighted by atomic mass is 32.2. The van der Waals surface area contributed by atoms with E-state index < -0.39 is 9.84 Å². The van der Waals surface area contributed by atoms with Crippen LogP contribution in [-0.4, -0.2) is 43.9 Å². The average molecular weight is 289 g/mol. The minimum Gasteiger partial charge on any atom is -0.493 e. The SMILES string of the molecule is CCCn1ncc(OC)c1C(CS(C)(=O)=O)NCC. The molecule has 19 heavy (non-hydrogen) atoms. The summed E-state index contributed by atoms with van der Waals surface area (Å²) in [7, 11) is -1.52. The van der Waals surface area contributed by atoms with E-state index in [0.29, 0.717) is 12.3 Å². The lowest BCUT2D eigenvalue weighted by Gasteiger charge is -2.19. The first kappa shape index (κ1) is 16.0. The summed E-state index contributed by atoms with van der Waals surface area (Å²) in [5.74, 6) is 0.662. The predicted molar refractivity (Wildman–Crippen MR) is 75.2 cm³/mol. The van der Waals surface area contributed by atoms with Crippen LogP contribution in [0.2, 0.25) is 0 Å². The van der Waals surface area contributed by atoms with Crippen molar-refractivity contribution in [2.45, 2.75) is 32.9 Å². The van der Waals surface area contributed by atoms with Crippen molar-refractivity contribution in [3.63, 3.8) is 0 Å². The van der Waals surface area contributed by atoms with Crippen LogP contribution in [0.1, 0.15) is 32.0 Å². The van der Waals surface area contributed by atoms with Crippen molar-refractivity contribution in [3.05, 3.63) is 11.9 Å². The second-order valence-electron chi connectivity index (χ2n) is 4.52. The minimum absolute atomic E-state index is 0.0343. The quantitative estimate of drug-likeness (QED) is 0.773. The first-order valence-electron chi connectivity index (χ1n) is 6.43. The second-order valence-corrected chi connectivity index (χ2v) is 6.71. The molecule has 1 unspecified atom stereocenters. The molecule has 0 saturated carbocycles. The van der Waals surface area contributed by atoms with E-state index in [1.165, 1.54) is 6.26 Å². The third kappa shape index (κ3) is 4.50. The van der Waals surface area contributed by atoms with Crippen molar-refractivity contribution in [2.75, 3.05) is 25.7 Å². The molecule has 0 aliphatic rings. The molecule has 1 aromatic heterocycles. The molecule has 0 spiro atoms. The number of aryl methyl sites for hydroxylation is 1. The third-order valence-corrected chi connectivity index (χ3v) is 3.69. The maximum absolute atomic E-state index is 11.6. The van der Waals surface area contributed by atoms with Gasteiger partial charge in [0.25, 0.3) is 0 Å². The van der Waals surface area contributed by atoms with Crippen molar-refractivity contribution >= 4 is 9.84 Å². The van der Waals surface area contributed by atoms with Crippen molar-refractivity contribution in [2.24, 2.45) is 0 Å². The molecule has 1 atom stereocenters. The lowest BCUT2D eigenvalue weighted by atomic mass is 10.2. The number of rotatable bonds is 8. The highest BCUT2D eigenvalue weighted by Crippen LogP contribution is 2.26. The fraction of sp³-hybridized carbons (Fsp3) is 0.750. The molecular weight excluding hydrogens is 266 g/mol. The van der Waals surface area contributed by atoms with E-state index in [-0.39, 0.29) is 11.8 Å². The average Bonchev–Trinajstić information content (AvgIpc) is 2.70. The number of sulfone groups is 1. The zero-order valence-corrected chi connectivity index (χ0v) is 12.8. The molecule has 0 radical (unpaired) electrons. The monoisotopic (exact) mass is 289 g/mol. The standard InChI is InChI=1S/C12H23N3O3S/c1-5-7-15-12(11(18-3)8-14-15)10(13-6-2)9-19(4,16)17/h8,10,13H,5-7,9H2,1-4H3. The van der Waals surface area contributed by atoms with Gasteiger partial charge in [-0.05, 0) is 13.0 Å². The van der Waals surface area contributed by atoms with Gasteiger partial charge in [0, 0.05) is 12.8 Å². The van der Waals surface area contributed by atoms with Gasteiger partial charge < -0.3 is 10.1 Å². The second kappa shape index (κ2) is 6.91. The van der Waals surface area contributed by atoms with Crippen molar-refractivity contribution in [3.8, 4) is 5.75 Å². The van der Waals surface area contributed by atoms with Gasteiger partial charge in [0.2, 0.25) is 0 Å². The Labute approximate surface area is 115 Å². The largest absolute Gasteiger partial charge is 0.493 e. The Morgan fingerprint density at radius 2 is 2.16 bits per heavy atom. The van der Waals surface area contributed by atoms with Crippen LogP contribution in [0.25, 0.3) is 0 Å². The summed E-state index contributed by atoms with van der Waals surface area (Å²) in [6.07, 6.45) is 3.80. The summed E-state index contributed by atoms with van der Waals surface area (Å²) in [4.78, 5) is 0. The van der Waals surface area contributed by atoms with E-state index in [9.17, 15) is 8.42 Å². The van der Waals surface area contributed by atoms with Crippen molar-refractivity contribution in [1.82, 2.24) is 15.1 Å². The van der Waals surface area contributed by atoms with Gasteiger partial charge in [-0.25, -0.2) is 8.42 Å². The summed E-state index contributed by atoms with van der Waals surface area (Å²) in [5.41, 5.74) is 0.802. The van der Waals surface area contributed by atoms with Crippen LogP contribution < -0.4 is 10.1 Å². The van der Waals surface area contributed by atoms with Gasteiger partial charge in [0.1, 0.15) is 9.84 Å². The highest BCUT2D eigenvalue weighted by Gasteiger charge is 2.24. The predicted octanol–water partition coefficient (Wildman–Crippen LogP) is 0.997. The number of nitrogens with one attached hydrogen (secondary N) is 1. The molecule has 0 aromatic carbocycles. The van der Waals surface area contributed by atoms with Gasteiger partial charge in [0.05, 0.1) is 30.8 Å². The minimum atomic E-state index is -3.09. The lowest BCUT2D eigenvalue weighted by Crippen LogP contribution is -2.30. The van der Waals surface area contributed by atoms with Crippen LogP contribution in [0, 0.1) is 0 Å². The maximum atomic E-state index is 11.6. The van der Waals surface area contributed by atoms with Crippen LogP contribution in [0.3, 0.4) is 0 Å². The number of ether oxygens (including phenoxy) is 1. The Kier molecular flexibility index (Phi) is 5.81. The van der Waals surface area contributed by atoms with Crippen molar-refractivity contribution < 1.29 is 13.2 Å². The molecule has 1 heterocycles. The molecule has 1 N–H and O–H groups in total. The van der Waals surface area contributed by atoms with Gasteiger partial charge in [-0.3, -0.25) is 4.68 Å². The Morgan fingerprint density at radius 3 is 2.63 bits per heavy atom. The van der Waals surface area contributed by atoms with Gasteiger partial charge in [-0.1, -0.05) is 13.8 Å². The molecule has 1 rings (SSSR count). The zero-order valence-electron chi connectivity index (χ0n) is 12.0. The molecule has 0 saturated heterocycles. The Hall–Kier alpha value is -1.08. The molecule has 0 aliphatic heterocycles. The summed E-state index contributed by atoms with van der Waals surface area (Å²) in [5, 5.41) is 7.46. The number of nitrogens with zero attached hydrogens (tertiary/aromatic N) is 2. The number of aromatic nitrogens is 2. The molecule has 0 fully saturated rings. The Balaban J connectivity index is 3.15. The van der Waals surface area contributed by atoms with E-state index in [1.54, 1.807) is 13.3 Å². The fourth-order valence-corrected chi connectivity index (χ4v) is 2.94. The van der Waals surface area contributed by atoms with Crippen LogP contribution in [0.15, 0.2) is 6.20 Å². The molecule has 0 bridgehead atoms. The molecule has 0 aliphatic carbocycles. The molecule has 0 amide bonds. The van der Waals surface area contributed by atoms with Gasteiger partial charge in [-0.15, -0.1) is 0 Å². The van der Waals surface area contributed by atoms with Crippen LogP contribution in [-0.2, 0) is 16.4 Å². The van der Waals surface area contributed by atoms with Crippen LogP contribution in [0.5, 0.6) is 5.75 Å². The molecular formula is C12H23N3O3S. The first-order valence-corrected chi connectivity index (χ1v) is 8.49. The number of methoxy groups -OCH3 is 1. The lowest BCUT2D eigenvalue weighted by molar-refractivity contribution is 0.395. The van der Waals surface area contributed by atoms with Crippen LogP contribution >= 0.6 is 0 Å². The molecule has 110 valence electrons. The summed E-state index contributed by atoms with van der Waals surface area (Å²) in [6, 6.07) is -0.302. The van der Waals surface area contributed by atoms with E-state index in [1.807, 2.05) is 11.6 Å². The van der Waals surface area contributed by atoms with E-state index >= 15 is 0 Å². The normalized spacial score (nSPS) is 13.5. The van der Waals surface area contributed by atoms with E-state index in [2.05, 4.69) is 17.3 Å². The molecule has 7 heteroatoms. The maximum Gasteiger partial charge on any atom is 0.161 e. The van der Waals surface area contributed by atoms with E-state index in [4.69, 9.17) is 4.74 Å².